The maximum Gasteiger partial charge on any atom is 0.269 e. The fourth-order valence-electron chi connectivity index (χ4n) is 4.86. The fraction of sp³-hybridized carbons (Fsp3) is 0.0667. The summed E-state index contributed by atoms with van der Waals surface area (Å²) in [5.74, 6) is 0.209. The molecule has 5 aromatic rings. The van der Waals surface area contributed by atoms with Gasteiger partial charge in [-0.15, -0.1) is 0 Å². The third-order valence-electron chi connectivity index (χ3n) is 6.71. The van der Waals surface area contributed by atoms with Gasteiger partial charge in [-0.1, -0.05) is 17.8 Å². The molecule has 40 heavy (non-hydrogen) atoms. The summed E-state index contributed by atoms with van der Waals surface area (Å²) >= 11 is 7.42. The van der Waals surface area contributed by atoms with E-state index in [0.717, 1.165) is 32.6 Å². The molecule has 0 aliphatic carbocycles. The molecule has 1 saturated heterocycles. The van der Waals surface area contributed by atoms with Crippen molar-refractivity contribution in [1.82, 2.24) is 14.9 Å². The van der Waals surface area contributed by atoms with Gasteiger partial charge in [-0.3, -0.25) is 15.1 Å². The van der Waals surface area contributed by atoms with Gasteiger partial charge >= 0.3 is 0 Å². The van der Waals surface area contributed by atoms with E-state index in [9.17, 15) is 15.2 Å². The molecule has 0 spiro atoms. The predicted octanol–water partition coefficient (Wildman–Crippen LogP) is 6.81. The highest BCUT2D eigenvalue weighted by atomic mass is 32.2. The monoisotopic (exact) mass is 565 g/mol. The number of aromatic hydroxyl groups is 1. The van der Waals surface area contributed by atoms with E-state index in [1.165, 1.54) is 23.9 Å². The van der Waals surface area contributed by atoms with Gasteiger partial charge in [0.1, 0.15) is 11.8 Å². The van der Waals surface area contributed by atoms with Gasteiger partial charge in [-0.05, 0) is 97.1 Å². The molecule has 0 amide bonds. The minimum absolute atomic E-state index is 0.0697. The lowest BCUT2D eigenvalue weighted by Crippen LogP contribution is -2.30. The van der Waals surface area contributed by atoms with E-state index in [4.69, 9.17) is 12.2 Å². The van der Waals surface area contributed by atoms with E-state index in [-0.39, 0.29) is 23.5 Å². The third-order valence-corrected chi connectivity index (χ3v) is 8.04. The summed E-state index contributed by atoms with van der Waals surface area (Å²) in [5.41, 5.74) is 3.80. The Bertz CT molecular complexity index is 1660. The largest absolute Gasteiger partial charge is 0.508 e. The molecule has 2 unspecified atom stereocenters. The second kappa shape index (κ2) is 10.8. The number of rotatable bonds is 7. The van der Waals surface area contributed by atoms with E-state index >= 15 is 0 Å². The first-order valence-electron chi connectivity index (χ1n) is 12.5. The number of nitrogens with zero attached hydrogens (tertiary/aromatic N) is 4. The van der Waals surface area contributed by atoms with Crippen molar-refractivity contribution >= 4 is 40.5 Å². The highest BCUT2D eigenvalue weighted by Crippen LogP contribution is 2.43. The molecule has 1 fully saturated rings. The highest BCUT2D eigenvalue weighted by Gasteiger charge is 2.42. The van der Waals surface area contributed by atoms with Crippen LogP contribution in [-0.2, 0) is 0 Å². The van der Waals surface area contributed by atoms with Crippen molar-refractivity contribution in [3.63, 3.8) is 0 Å². The summed E-state index contributed by atoms with van der Waals surface area (Å²) in [6.07, 6.45) is 3.78. The van der Waals surface area contributed by atoms with Crippen LogP contribution in [0, 0.1) is 10.1 Å². The van der Waals surface area contributed by atoms with E-state index < -0.39 is 4.92 Å². The fourth-order valence-corrected chi connectivity index (χ4v) is 6.03. The number of nitro groups is 1. The lowest BCUT2D eigenvalue weighted by molar-refractivity contribution is -0.384. The van der Waals surface area contributed by atoms with Gasteiger partial charge in [-0.2, -0.15) is 0 Å². The number of hydrogen-bond acceptors (Lipinski definition) is 6. The summed E-state index contributed by atoms with van der Waals surface area (Å²) in [6.45, 7) is 0. The Hall–Kier alpha value is -4.67. The Morgan fingerprint density at radius 2 is 1.55 bits per heavy atom. The number of thiocarbonyl (C=S) groups is 1. The van der Waals surface area contributed by atoms with Gasteiger partial charge in [0.05, 0.1) is 16.7 Å². The average Bonchev–Trinajstić information content (AvgIpc) is 3.59. The minimum Gasteiger partial charge on any atom is -0.508 e. The van der Waals surface area contributed by atoms with Gasteiger partial charge in [0.2, 0.25) is 0 Å². The molecule has 0 saturated carbocycles. The predicted molar refractivity (Wildman–Crippen MR) is 159 cm³/mol. The van der Waals surface area contributed by atoms with E-state index in [1.54, 1.807) is 30.5 Å². The van der Waals surface area contributed by atoms with Crippen molar-refractivity contribution in [2.45, 2.75) is 21.9 Å². The SMILES string of the molecule is O=[N+]([O-])c1ccc(Sc2ccc(N3C(=S)NC(c4ccccn4)C3c3cccn3-c3ccc(O)cc3)cc2)cc1. The lowest BCUT2D eigenvalue weighted by Gasteiger charge is -2.29. The Kier molecular flexibility index (Phi) is 6.93. The van der Waals surface area contributed by atoms with Gasteiger partial charge in [0, 0.05) is 51.4 Å². The summed E-state index contributed by atoms with van der Waals surface area (Å²) in [6, 6.07) is 31.3. The van der Waals surface area contributed by atoms with Gasteiger partial charge in [0.15, 0.2) is 5.11 Å². The normalized spacial score (nSPS) is 16.6. The third kappa shape index (κ3) is 5.02. The standard InChI is InChI=1S/C30H23N5O3S2/c36-23-12-6-20(7-13-23)33-19-3-5-27(33)29-28(26-4-1-2-18-31-26)32-30(39)34(29)21-8-14-24(15-9-21)40-25-16-10-22(11-17-25)35(37)38/h1-19,28-29,36H,(H,32,39). The Morgan fingerprint density at radius 1 is 0.875 bits per heavy atom. The smallest absolute Gasteiger partial charge is 0.269 e. The molecule has 198 valence electrons. The van der Waals surface area contributed by atoms with Crippen LogP contribution in [0.15, 0.2) is 125 Å². The van der Waals surface area contributed by atoms with Crippen molar-refractivity contribution in [2.75, 3.05) is 4.90 Å². The van der Waals surface area contributed by atoms with Crippen LogP contribution >= 0.6 is 24.0 Å². The number of phenolic OH excluding ortho intramolecular Hbond substituents is 1. The summed E-state index contributed by atoms with van der Waals surface area (Å²) in [5, 5.41) is 24.9. The number of phenols is 1. The first-order chi connectivity index (χ1) is 19.5. The van der Waals surface area contributed by atoms with Crippen LogP contribution in [0.2, 0.25) is 0 Å². The zero-order chi connectivity index (χ0) is 27.6. The lowest BCUT2D eigenvalue weighted by atomic mass is 10.0. The number of non-ortho nitro benzene ring substituents is 1. The molecule has 8 nitrogen and oxygen atoms in total. The summed E-state index contributed by atoms with van der Waals surface area (Å²) in [7, 11) is 0. The molecule has 2 aromatic heterocycles. The maximum atomic E-state index is 11.0. The van der Waals surface area contributed by atoms with E-state index in [1.807, 2.05) is 66.9 Å². The number of benzene rings is 3. The topological polar surface area (TPSA) is 96.5 Å². The molecule has 1 aliphatic rings. The maximum absolute atomic E-state index is 11.0. The Morgan fingerprint density at radius 3 is 2.20 bits per heavy atom. The molecule has 1 aliphatic heterocycles. The molecule has 2 atom stereocenters. The average molecular weight is 566 g/mol. The number of aromatic nitrogens is 2. The number of hydrogen-bond donors (Lipinski definition) is 2. The van der Waals surface area contributed by atoms with Crippen LogP contribution in [0.5, 0.6) is 5.75 Å². The molecule has 6 rings (SSSR count). The van der Waals surface area contributed by atoms with Crippen molar-refractivity contribution in [3.8, 4) is 11.4 Å². The zero-order valence-electron chi connectivity index (χ0n) is 21.0. The molecular weight excluding hydrogens is 542 g/mol. The zero-order valence-corrected chi connectivity index (χ0v) is 22.6. The number of nitrogens with one attached hydrogen (secondary N) is 1. The van der Waals surface area contributed by atoms with Crippen LogP contribution in [0.25, 0.3) is 5.69 Å². The molecule has 2 N–H and O–H groups in total. The Balaban J connectivity index is 1.35. The molecule has 3 aromatic carbocycles. The van der Waals surface area contributed by atoms with Crippen LogP contribution in [0.4, 0.5) is 11.4 Å². The van der Waals surface area contributed by atoms with E-state index in [2.05, 4.69) is 25.8 Å². The first kappa shape index (κ1) is 25.6. The van der Waals surface area contributed by atoms with E-state index in [0.29, 0.717) is 5.11 Å². The quantitative estimate of drug-likeness (QED) is 0.126. The molecular formula is C30H23N5O3S2. The summed E-state index contributed by atoms with van der Waals surface area (Å²) < 4.78 is 2.10. The van der Waals surface area contributed by atoms with Crippen molar-refractivity contribution in [1.29, 1.82) is 0 Å². The van der Waals surface area contributed by atoms with Crippen molar-refractivity contribution in [3.05, 3.63) is 137 Å². The Labute approximate surface area is 240 Å². The second-order valence-electron chi connectivity index (χ2n) is 9.16. The van der Waals surface area contributed by atoms with Gasteiger partial charge < -0.3 is 19.9 Å². The van der Waals surface area contributed by atoms with Crippen molar-refractivity contribution < 1.29 is 10.0 Å². The second-order valence-corrected chi connectivity index (χ2v) is 10.7. The number of anilines is 1. The minimum atomic E-state index is -0.400. The van der Waals surface area contributed by atoms with Crippen molar-refractivity contribution in [2.24, 2.45) is 0 Å². The van der Waals surface area contributed by atoms with Crippen LogP contribution in [0.1, 0.15) is 23.5 Å². The first-order valence-corrected chi connectivity index (χ1v) is 13.7. The van der Waals surface area contributed by atoms with Crippen LogP contribution < -0.4 is 10.2 Å². The number of nitro benzene ring substituents is 1. The van der Waals surface area contributed by atoms with Gasteiger partial charge in [-0.25, -0.2) is 0 Å². The summed E-state index contributed by atoms with van der Waals surface area (Å²) in [4.78, 5) is 19.2. The highest BCUT2D eigenvalue weighted by molar-refractivity contribution is 7.99. The molecule has 3 heterocycles. The van der Waals surface area contributed by atoms with Gasteiger partial charge in [0.25, 0.3) is 5.69 Å². The number of pyridine rings is 1. The molecule has 10 heteroatoms. The van der Waals surface area contributed by atoms with Crippen LogP contribution in [0.3, 0.4) is 0 Å². The van der Waals surface area contributed by atoms with Crippen LogP contribution in [-0.4, -0.2) is 24.7 Å². The molecule has 0 bridgehead atoms. The molecule has 0 radical (unpaired) electrons.